The van der Waals surface area contributed by atoms with Crippen molar-refractivity contribution in [2.75, 3.05) is 18.0 Å². The van der Waals surface area contributed by atoms with Crippen LogP contribution in [0.25, 0.3) is 0 Å². The van der Waals surface area contributed by atoms with Crippen LogP contribution in [0.4, 0.5) is 14.3 Å². The molecule has 8 heteroatoms. The van der Waals surface area contributed by atoms with Gasteiger partial charge in [0.05, 0.1) is 5.69 Å². The van der Waals surface area contributed by atoms with Gasteiger partial charge >= 0.3 is 12.0 Å². The third-order valence-electron chi connectivity index (χ3n) is 3.59. The lowest BCUT2D eigenvalue weighted by molar-refractivity contribution is 0.0701. The number of carbonyl (C=O) groups is 2. The Labute approximate surface area is 135 Å². The van der Waals surface area contributed by atoms with E-state index in [0.717, 1.165) is 16.9 Å². The van der Waals surface area contributed by atoms with Crippen LogP contribution >= 0.6 is 11.3 Å². The molecule has 2 aromatic rings. The Morgan fingerprint density at radius 1 is 1.35 bits per heavy atom. The van der Waals surface area contributed by atoms with Gasteiger partial charge in [-0.25, -0.2) is 19.0 Å². The molecule has 0 aliphatic carbocycles. The van der Waals surface area contributed by atoms with Crippen LogP contribution < -0.4 is 4.90 Å². The molecule has 0 unspecified atom stereocenters. The van der Waals surface area contributed by atoms with E-state index in [2.05, 4.69) is 4.98 Å². The zero-order chi connectivity index (χ0) is 16.6. The first-order valence-electron chi connectivity index (χ1n) is 6.97. The monoisotopic (exact) mass is 335 g/mol. The van der Waals surface area contributed by atoms with Crippen LogP contribution in [-0.2, 0) is 6.54 Å². The maximum atomic E-state index is 12.9. The number of hydrogen-bond acceptors (Lipinski definition) is 4. The van der Waals surface area contributed by atoms with Crippen molar-refractivity contribution in [1.29, 1.82) is 0 Å². The van der Waals surface area contributed by atoms with Crippen molar-refractivity contribution >= 4 is 28.5 Å². The molecule has 0 bridgehead atoms. The third-order valence-corrected chi connectivity index (χ3v) is 4.76. The van der Waals surface area contributed by atoms with Gasteiger partial charge in [-0.15, -0.1) is 0 Å². The average Bonchev–Trinajstić information content (AvgIpc) is 3.05. The van der Waals surface area contributed by atoms with E-state index in [1.54, 1.807) is 24.0 Å². The van der Waals surface area contributed by atoms with Crippen molar-refractivity contribution in [2.45, 2.75) is 13.5 Å². The fourth-order valence-corrected chi connectivity index (χ4v) is 3.34. The van der Waals surface area contributed by atoms with Gasteiger partial charge in [0.25, 0.3) is 0 Å². The fourth-order valence-electron chi connectivity index (χ4n) is 2.41. The van der Waals surface area contributed by atoms with Crippen LogP contribution in [0.3, 0.4) is 0 Å². The van der Waals surface area contributed by atoms with Crippen molar-refractivity contribution in [3.63, 3.8) is 0 Å². The number of aromatic carboxylic acids is 1. The molecule has 1 aliphatic heterocycles. The highest BCUT2D eigenvalue weighted by atomic mass is 32.1. The van der Waals surface area contributed by atoms with Crippen LogP contribution in [0.15, 0.2) is 24.3 Å². The maximum absolute atomic E-state index is 12.9. The zero-order valence-corrected chi connectivity index (χ0v) is 13.1. The van der Waals surface area contributed by atoms with Crippen molar-refractivity contribution < 1.29 is 19.1 Å². The van der Waals surface area contributed by atoms with Crippen molar-refractivity contribution in [3.05, 3.63) is 46.2 Å². The number of urea groups is 1. The van der Waals surface area contributed by atoms with Crippen LogP contribution in [0.2, 0.25) is 0 Å². The van der Waals surface area contributed by atoms with Crippen LogP contribution in [-0.4, -0.2) is 40.1 Å². The number of carboxylic acids is 1. The summed E-state index contributed by atoms with van der Waals surface area (Å²) < 4.78 is 12.9. The molecule has 0 spiro atoms. The Kier molecular flexibility index (Phi) is 3.99. The van der Waals surface area contributed by atoms with Gasteiger partial charge in [0.15, 0.2) is 5.13 Å². The number of aryl methyl sites for hydroxylation is 1. The number of thiazole rings is 1. The fraction of sp³-hybridized carbons (Fsp3) is 0.267. The lowest BCUT2D eigenvalue weighted by atomic mass is 10.2. The molecule has 2 amide bonds. The summed E-state index contributed by atoms with van der Waals surface area (Å²) in [4.78, 5) is 31.0. The largest absolute Gasteiger partial charge is 0.477 e. The quantitative estimate of drug-likeness (QED) is 0.932. The lowest BCUT2D eigenvalue weighted by Gasteiger charge is -2.16. The van der Waals surface area contributed by atoms with Gasteiger partial charge in [0.1, 0.15) is 10.7 Å². The molecular weight excluding hydrogens is 321 g/mol. The summed E-state index contributed by atoms with van der Waals surface area (Å²) in [5, 5.41) is 9.48. The number of nitrogens with zero attached hydrogens (tertiary/aromatic N) is 3. The van der Waals surface area contributed by atoms with E-state index in [9.17, 15) is 14.0 Å². The van der Waals surface area contributed by atoms with E-state index in [1.807, 2.05) is 0 Å². The Balaban J connectivity index is 1.75. The minimum absolute atomic E-state index is 0.143. The van der Waals surface area contributed by atoms with Gasteiger partial charge < -0.3 is 10.0 Å². The summed E-state index contributed by atoms with van der Waals surface area (Å²) in [6.07, 6.45) is 0. The molecule has 1 N–H and O–H groups in total. The molecule has 0 saturated carbocycles. The maximum Gasteiger partial charge on any atom is 0.347 e. The third kappa shape index (κ3) is 3.02. The first-order chi connectivity index (χ1) is 11.0. The number of amides is 2. The summed E-state index contributed by atoms with van der Waals surface area (Å²) in [6, 6.07) is 5.77. The molecule has 0 atom stereocenters. The number of benzene rings is 1. The molecule has 6 nitrogen and oxygen atoms in total. The molecule has 1 fully saturated rings. The molecule has 1 aromatic heterocycles. The smallest absolute Gasteiger partial charge is 0.347 e. The standard InChI is InChI=1S/C15H14FN3O3S/c1-9-12(13(20)21)23-14(17-9)19-7-6-18(15(19)22)8-10-2-4-11(16)5-3-10/h2-5H,6-8H2,1H3,(H,20,21). The van der Waals surface area contributed by atoms with Crippen LogP contribution in [0.5, 0.6) is 0 Å². The summed E-state index contributed by atoms with van der Waals surface area (Å²) >= 11 is 0.997. The predicted molar refractivity (Wildman–Crippen MR) is 83.4 cm³/mol. The van der Waals surface area contributed by atoms with Crippen molar-refractivity contribution in [1.82, 2.24) is 9.88 Å². The Morgan fingerprint density at radius 2 is 2.04 bits per heavy atom. The molecule has 3 rings (SSSR count). The Morgan fingerprint density at radius 3 is 2.65 bits per heavy atom. The first kappa shape index (κ1) is 15.4. The van der Waals surface area contributed by atoms with Crippen LogP contribution in [0.1, 0.15) is 20.9 Å². The van der Waals surface area contributed by atoms with E-state index < -0.39 is 5.97 Å². The Hall–Kier alpha value is -2.48. The number of halogens is 1. The van der Waals surface area contributed by atoms with E-state index in [-0.39, 0.29) is 16.7 Å². The van der Waals surface area contributed by atoms with Gasteiger partial charge in [-0.3, -0.25) is 4.90 Å². The highest BCUT2D eigenvalue weighted by molar-refractivity contribution is 7.17. The van der Waals surface area contributed by atoms with E-state index in [1.165, 1.54) is 17.0 Å². The first-order valence-corrected chi connectivity index (χ1v) is 7.79. The topological polar surface area (TPSA) is 73.7 Å². The van der Waals surface area contributed by atoms with E-state index >= 15 is 0 Å². The minimum atomic E-state index is -1.04. The highest BCUT2D eigenvalue weighted by Gasteiger charge is 2.32. The summed E-state index contributed by atoms with van der Waals surface area (Å²) in [7, 11) is 0. The second-order valence-electron chi connectivity index (χ2n) is 5.20. The molecule has 1 saturated heterocycles. The van der Waals surface area contributed by atoms with E-state index in [0.29, 0.717) is 30.5 Å². The minimum Gasteiger partial charge on any atom is -0.477 e. The number of aromatic nitrogens is 1. The SMILES string of the molecule is Cc1nc(N2CCN(Cc3ccc(F)cc3)C2=O)sc1C(=O)O. The number of hydrogen-bond donors (Lipinski definition) is 1. The average molecular weight is 335 g/mol. The van der Waals surface area contributed by atoms with Gasteiger partial charge in [0.2, 0.25) is 0 Å². The molecule has 2 heterocycles. The van der Waals surface area contributed by atoms with Crippen molar-refractivity contribution in [3.8, 4) is 0 Å². The number of carboxylic acid groups (broad SMARTS) is 1. The van der Waals surface area contributed by atoms with Crippen LogP contribution in [0, 0.1) is 12.7 Å². The molecule has 23 heavy (non-hydrogen) atoms. The normalized spacial score (nSPS) is 14.6. The van der Waals surface area contributed by atoms with Crippen molar-refractivity contribution in [2.24, 2.45) is 0 Å². The predicted octanol–water partition coefficient (Wildman–Crippen LogP) is 2.73. The van der Waals surface area contributed by atoms with E-state index in [4.69, 9.17) is 5.11 Å². The Bertz CT molecular complexity index is 760. The number of anilines is 1. The highest BCUT2D eigenvalue weighted by Crippen LogP contribution is 2.29. The van der Waals surface area contributed by atoms with Gasteiger partial charge in [-0.05, 0) is 24.6 Å². The molecule has 0 radical (unpaired) electrons. The summed E-state index contributed by atoms with van der Waals surface area (Å²) in [6.45, 7) is 2.95. The summed E-state index contributed by atoms with van der Waals surface area (Å²) in [5.41, 5.74) is 1.24. The number of rotatable bonds is 4. The van der Waals surface area contributed by atoms with Gasteiger partial charge in [-0.2, -0.15) is 0 Å². The second kappa shape index (κ2) is 5.96. The van der Waals surface area contributed by atoms with Gasteiger partial charge in [-0.1, -0.05) is 23.5 Å². The number of carbonyl (C=O) groups excluding carboxylic acids is 1. The molecule has 1 aliphatic rings. The molecule has 120 valence electrons. The molecular formula is C15H14FN3O3S. The summed E-state index contributed by atoms with van der Waals surface area (Å²) in [5.74, 6) is -1.36. The molecule has 1 aromatic carbocycles. The second-order valence-corrected chi connectivity index (χ2v) is 6.18. The van der Waals surface area contributed by atoms with Gasteiger partial charge in [0, 0.05) is 19.6 Å². The zero-order valence-electron chi connectivity index (χ0n) is 12.3. The lowest BCUT2D eigenvalue weighted by Crippen LogP contribution is -2.31.